The van der Waals surface area contributed by atoms with Crippen molar-refractivity contribution in [3.8, 4) is 0 Å². The highest BCUT2D eigenvalue weighted by Crippen LogP contribution is 2.00. The summed E-state index contributed by atoms with van der Waals surface area (Å²) in [5, 5.41) is 0. The van der Waals surface area contributed by atoms with Crippen molar-refractivity contribution < 1.29 is 0 Å². The lowest BCUT2D eigenvalue weighted by molar-refractivity contribution is 0.292. The Morgan fingerprint density at radius 1 is 1.00 bits per heavy atom. The molecule has 0 saturated heterocycles. The van der Waals surface area contributed by atoms with Crippen LogP contribution in [0, 0.1) is 18.9 Å². The van der Waals surface area contributed by atoms with Crippen molar-refractivity contribution >= 4 is 0 Å². The standard InChI is InChI=1S/C9H20N/c1-8(2)6-10(5)7-9(3)4/h8-9H,5-7H2,1-4H3. The van der Waals surface area contributed by atoms with E-state index in [2.05, 4.69) is 39.6 Å². The molecule has 0 aliphatic rings. The Bertz CT molecular complexity index is 66.8. The first-order chi connectivity index (χ1) is 4.52. The van der Waals surface area contributed by atoms with Gasteiger partial charge in [-0.2, -0.15) is 0 Å². The fourth-order valence-corrected chi connectivity index (χ4v) is 1.11. The maximum atomic E-state index is 3.95. The molecule has 0 saturated carbocycles. The zero-order valence-corrected chi connectivity index (χ0v) is 7.72. The fraction of sp³-hybridized carbons (Fsp3) is 0.889. The molecule has 0 fully saturated rings. The maximum absolute atomic E-state index is 3.95. The molecule has 0 aliphatic heterocycles. The Kier molecular flexibility index (Phi) is 4.71. The molecule has 61 valence electrons. The molecule has 0 atom stereocenters. The van der Waals surface area contributed by atoms with Gasteiger partial charge in [0, 0.05) is 20.1 Å². The van der Waals surface area contributed by atoms with Gasteiger partial charge in [0.2, 0.25) is 0 Å². The summed E-state index contributed by atoms with van der Waals surface area (Å²) in [6, 6.07) is 0. The van der Waals surface area contributed by atoms with E-state index in [0.717, 1.165) is 24.9 Å². The molecule has 0 bridgehead atoms. The number of hydrogen-bond donors (Lipinski definition) is 0. The van der Waals surface area contributed by atoms with E-state index in [1.807, 2.05) is 0 Å². The Hall–Kier alpha value is -0.0400. The van der Waals surface area contributed by atoms with Crippen LogP contribution in [0.1, 0.15) is 27.7 Å². The Balaban J connectivity index is 3.34. The summed E-state index contributed by atoms with van der Waals surface area (Å²) in [6.45, 7) is 11.1. The van der Waals surface area contributed by atoms with Gasteiger partial charge in [-0.1, -0.05) is 27.7 Å². The lowest BCUT2D eigenvalue weighted by Gasteiger charge is -2.20. The Morgan fingerprint density at radius 3 is 1.50 bits per heavy atom. The van der Waals surface area contributed by atoms with Crippen molar-refractivity contribution in [3.63, 3.8) is 0 Å². The first-order valence-corrected chi connectivity index (χ1v) is 4.07. The molecule has 0 aromatic carbocycles. The van der Waals surface area contributed by atoms with Crippen LogP contribution < -0.4 is 0 Å². The quantitative estimate of drug-likeness (QED) is 0.582. The van der Waals surface area contributed by atoms with Crippen LogP contribution in [0.2, 0.25) is 0 Å². The molecule has 1 radical (unpaired) electrons. The number of rotatable bonds is 4. The minimum atomic E-state index is 0.733. The molecule has 1 nitrogen and oxygen atoms in total. The normalized spacial score (nSPS) is 12.0. The van der Waals surface area contributed by atoms with E-state index in [-0.39, 0.29) is 0 Å². The van der Waals surface area contributed by atoms with E-state index in [4.69, 9.17) is 0 Å². The molecule has 0 N–H and O–H groups in total. The average Bonchev–Trinajstić information content (AvgIpc) is 1.58. The van der Waals surface area contributed by atoms with Crippen molar-refractivity contribution in [2.45, 2.75) is 27.7 Å². The minimum absolute atomic E-state index is 0.733. The predicted molar refractivity (Wildman–Crippen MR) is 46.6 cm³/mol. The van der Waals surface area contributed by atoms with E-state index in [0.29, 0.717) is 0 Å². The number of hydrogen-bond acceptors (Lipinski definition) is 1. The highest BCUT2D eigenvalue weighted by molar-refractivity contribution is 4.59. The first kappa shape index (κ1) is 9.96. The van der Waals surface area contributed by atoms with Crippen LogP contribution in [-0.2, 0) is 0 Å². The molecular weight excluding hydrogens is 122 g/mol. The largest absolute Gasteiger partial charge is 0.302 e. The van der Waals surface area contributed by atoms with Gasteiger partial charge in [-0.3, -0.25) is 0 Å². The monoisotopic (exact) mass is 142 g/mol. The predicted octanol–water partition coefficient (Wildman–Crippen LogP) is 2.39. The highest BCUT2D eigenvalue weighted by Gasteiger charge is 2.02. The Labute approximate surface area is 65.4 Å². The highest BCUT2D eigenvalue weighted by atomic mass is 15.1. The van der Waals surface area contributed by atoms with Crippen molar-refractivity contribution in [2.75, 3.05) is 13.1 Å². The van der Waals surface area contributed by atoms with Gasteiger partial charge in [-0.05, 0) is 11.8 Å². The third-order valence-electron chi connectivity index (χ3n) is 1.25. The molecule has 0 unspecified atom stereocenters. The van der Waals surface area contributed by atoms with Crippen molar-refractivity contribution in [1.82, 2.24) is 4.90 Å². The molecule has 10 heavy (non-hydrogen) atoms. The van der Waals surface area contributed by atoms with Crippen LogP contribution in [0.15, 0.2) is 0 Å². The summed E-state index contributed by atoms with van der Waals surface area (Å²) in [7, 11) is 3.95. The maximum Gasteiger partial charge on any atom is 0.0110 e. The van der Waals surface area contributed by atoms with Crippen molar-refractivity contribution in [2.24, 2.45) is 11.8 Å². The van der Waals surface area contributed by atoms with Crippen molar-refractivity contribution in [1.29, 1.82) is 0 Å². The van der Waals surface area contributed by atoms with Crippen LogP contribution in [0.5, 0.6) is 0 Å². The molecule has 0 aromatic heterocycles. The molecule has 0 heterocycles. The third-order valence-corrected chi connectivity index (χ3v) is 1.25. The summed E-state index contributed by atoms with van der Waals surface area (Å²) in [5.74, 6) is 1.47. The molecule has 0 amide bonds. The molecule has 1 heteroatoms. The van der Waals surface area contributed by atoms with Gasteiger partial charge >= 0.3 is 0 Å². The zero-order chi connectivity index (χ0) is 8.15. The first-order valence-electron chi connectivity index (χ1n) is 4.07. The third kappa shape index (κ3) is 6.09. The van der Waals surface area contributed by atoms with E-state index in [1.165, 1.54) is 0 Å². The van der Waals surface area contributed by atoms with Crippen LogP contribution in [0.25, 0.3) is 0 Å². The molecule has 0 rings (SSSR count). The van der Waals surface area contributed by atoms with Crippen LogP contribution in [0.4, 0.5) is 0 Å². The zero-order valence-electron chi connectivity index (χ0n) is 7.72. The van der Waals surface area contributed by atoms with Gasteiger partial charge in [0.1, 0.15) is 0 Å². The van der Waals surface area contributed by atoms with Crippen molar-refractivity contribution in [3.05, 3.63) is 7.05 Å². The van der Waals surface area contributed by atoms with Crippen LogP contribution in [0.3, 0.4) is 0 Å². The fourth-order valence-electron chi connectivity index (χ4n) is 1.11. The van der Waals surface area contributed by atoms with E-state index >= 15 is 0 Å². The summed E-state index contributed by atoms with van der Waals surface area (Å²) in [4.78, 5) is 2.15. The van der Waals surface area contributed by atoms with E-state index in [9.17, 15) is 0 Å². The van der Waals surface area contributed by atoms with Gasteiger partial charge in [0.25, 0.3) is 0 Å². The minimum Gasteiger partial charge on any atom is -0.302 e. The average molecular weight is 142 g/mol. The topological polar surface area (TPSA) is 3.24 Å². The van der Waals surface area contributed by atoms with Gasteiger partial charge in [-0.15, -0.1) is 0 Å². The van der Waals surface area contributed by atoms with E-state index in [1.54, 1.807) is 0 Å². The molecule has 0 aliphatic carbocycles. The van der Waals surface area contributed by atoms with Crippen LogP contribution >= 0.6 is 0 Å². The SMILES string of the molecule is [CH2]N(CC(C)C)CC(C)C. The van der Waals surface area contributed by atoms with Gasteiger partial charge in [0.15, 0.2) is 0 Å². The lowest BCUT2D eigenvalue weighted by atomic mass is 10.1. The van der Waals surface area contributed by atoms with Gasteiger partial charge in [-0.25, -0.2) is 0 Å². The summed E-state index contributed by atoms with van der Waals surface area (Å²) in [6.07, 6.45) is 0. The smallest absolute Gasteiger partial charge is 0.0110 e. The second kappa shape index (κ2) is 4.73. The summed E-state index contributed by atoms with van der Waals surface area (Å²) in [5.41, 5.74) is 0. The van der Waals surface area contributed by atoms with Gasteiger partial charge < -0.3 is 4.90 Å². The second-order valence-electron chi connectivity index (χ2n) is 3.82. The molecule has 0 spiro atoms. The molecule has 0 aromatic rings. The van der Waals surface area contributed by atoms with Gasteiger partial charge in [0.05, 0.1) is 0 Å². The van der Waals surface area contributed by atoms with E-state index < -0.39 is 0 Å². The van der Waals surface area contributed by atoms with Crippen LogP contribution in [-0.4, -0.2) is 18.0 Å². The summed E-state index contributed by atoms with van der Waals surface area (Å²) >= 11 is 0. The molecular formula is C9H20N. The second-order valence-corrected chi connectivity index (χ2v) is 3.82. The Morgan fingerprint density at radius 2 is 1.30 bits per heavy atom. The lowest BCUT2D eigenvalue weighted by Crippen LogP contribution is -2.25. The summed E-state index contributed by atoms with van der Waals surface area (Å²) < 4.78 is 0. The number of nitrogens with zero attached hydrogens (tertiary/aromatic N) is 1.